The lowest BCUT2D eigenvalue weighted by molar-refractivity contribution is -0.143. The first kappa shape index (κ1) is 15.8. The molecular weight excluding hydrogens is 244 g/mol. The van der Waals surface area contributed by atoms with Crippen LogP contribution in [0.3, 0.4) is 0 Å². The Morgan fingerprint density at radius 2 is 2.05 bits per heavy atom. The summed E-state index contributed by atoms with van der Waals surface area (Å²) in [7, 11) is 0. The number of hydrogen-bond donors (Lipinski definition) is 1. The summed E-state index contributed by atoms with van der Waals surface area (Å²) in [5.74, 6) is -0.608. The van der Waals surface area contributed by atoms with Crippen molar-refractivity contribution in [1.29, 1.82) is 0 Å². The zero-order valence-electron chi connectivity index (χ0n) is 12.4. The standard InChI is InChI=1S/C14H26N2O3/c1-5-15(9-10(2)3)14(19)16-7-6-12(13(17)18)8-11(16)4/h10-12H,5-9H2,1-4H3,(H,17,18). The number of aliphatic carboxylic acids is 1. The van der Waals surface area contributed by atoms with Crippen LogP contribution in [0.15, 0.2) is 0 Å². The van der Waals surface area contributed by atoms with E-state index >= 15 is 0 Å². The Bertz CT molecular complexity index is 331. The minimum absolute atomic E-state index is 0.00330. The molecule has 1 aliphatic rings. The molecule has 1 fully saturated rings. The number of carboxylic acid groups (broad SMARTS) is 1. The summed E-state index contributed by atoms with van der Waals surface area (Å²) >= 11 is 0. The first-order valence-corrected chi connectivity index (χ1v) is 7.15. The Balaban J connectivity index is 2.64. The van der Waals surface area contributed by atoms with Crippen molar-refractivity contribution in [3.05, 3.63) is 0 Å². The topological polar surface area (TPSA) is 60.9 Å². The van der Waals surface area contributed by atoms with E-state index in [0.29, 0.717) is 31.8 Å². The normalized spacial score (nSPS) is 23.5. The van der Waals surface area contributed by atoms with Crippen molar-refractivity contribution in [3.8, 4) is 0 Å². The molecule has 0 aliphatic carbocycles. The second kappa shape index (κ2) is 6.78. The first-order chi connectivity index (χ1) is 8.86. The van der Waals surface area contributed by atoms with E-state index in [2.05, 4.69) is 13.8 Å². The number of amides is 2. The van der Waals surface area contributed by atoms with Crippen LogP contribution in [-0.2, 0) is 4.79 Å². The third kappa shape index (κ3) is 4.11. The van der Waals surface area contributed by atoms with Gasteiger partial charge in [-0.2, -0.15) is 0 Å². The molecule has 1 N–H and O–H groups in total. The zero-order valence-corrected chi connectivity index (χ0v) is 12.4. The van der Waals surface area contributed by atoms with Crippen LogP contribution in [0.2, 0.25) is 0 Å². The van der Waals surface area contributed by atoms with Gasteiger partial charge in [-0.25, -0.2) is 4.79 Å². The molecule has 5 nitrogen and oxygen atoms in total. The molecule has 0 saturated carbocycles. The molecular formula is C14H26N2O3. The van der Waals surface area contributed by atoms with Gasteiger partial charge in [-0.05, 0) is 32.6 Å². The van der Waals surface area contributed by atoms with Gasteiger partial charge in [0.15, 0.2) is 0 Å². The second-order valence-electron chi connectivity index (χ2n) is 5.82. The van der Waals surface area contributed by atoms with Gasteiger partial charge in [0.1, 0.15) is 0 Å². The van der Waals surface area contributed by atoms with Crippen molar-refractivity contribution >= 4 is 12.0 Å². The lowest BCUT2D eigenvalue weighted by atomic mass is 9.92. The largest absolute Gasteiger partial charge is 0.481 e. The van der Waals surface area contributed by atoms with Crippen LogP contribution in [0.25, 0.3) is 0 Å². The van der Waals surface area contributed by atoms with Crippen molar-refractivity contribution in [2.75, 3.05) is 19.6 Å². The first-order valence-electron chi connectivity index (χ1n) is 7.15. The molecule has 0 aromatic carbocycles. The highest BCUT2D eigenvalue weighted by molar-refractivity contribution is 5.76. The summed E-state index contributed by atoms with van der Waals surface area (Å²) < 4.78 is 0. The summed E-state index contributed by atoms with van der Waals surface area (Å²) in [6, 6.07) is 0.0519. The van der Waals surface area contributed by atoms with Gasteiger partial charge < -0.3 is 14.9 Å². The van der Waals surface area contributed by atoms with Gasteiger partial charge in [0.2, 0.25) is 0 Å². The molecule has 0 aromatic heterocycles. The molecule has 1 saturated heterocycles. The highest BCUT2D eigenvalue weighted by Crippen LogP contribution is 2.24. The zero-order chi connectivity index (χ0) is 14.6. The molecule has 19 heavy (non-hydrogen) atoms. The predicted octanol–water partition coefficient (Wildman–Crippen LogP) is 2.27. The van der Waals surface area contributed by atoms with Crippen molar-refractivity contribution in [2.24, 2.45) is 11.8 Å². The van der Waals surface area contributed by atoms with Crippen molar-refractivity contribution in [2.45, 2.75) is 46.6 Å². The lowest BCUT2D eigenvalue weighted by Crippen LogP contribution is -2.52. The number of piperidine rings is 1. The third-order valence-corrected chi connectivity index (χ3v) is 3.71. The monoisotopic (exact) mass is 270 g/mol. The number of carbonyl (C=O) groups is 2. The summed E-state index contributed by atoms with van der Waals surface area (Å²) in [6.07, 6.45) is 1.12. The predicted molar refractivity (Wildman–Crippen MR) is 74.0 cm³/mol. The maximum absolute atomic E-state index is 12.5. The molecule has 1 heterocycles. The molecule has 1 aliphatic heterocycles. The van der Waals surface area contributed by atoms with Crippen molar-refractivity contribution < 1.29 is 14.7 Å². The van der Waals surface area contributed by atoms with Crippen molar-refractivity contribution in [3.63, 3.8) is 0 Å². The van der Waals surface area contributed by atoms with Gasteiger partial charge in [0.25, 0.3) is 0 Å². The molecule has 2 amide bonds. The number of rotatable bonds is 4. The minimum atomic E-state index is -0.742. The van der Waals surface area contributed by atoms with E-state index in [-0.39, 0.29) is 18.0 Å². The number of urea groups is 1. The van der Waals surface area contributed by atoms with Crippen LogP contribution >= 0.6 is 0 Å². The van der Waals surface area contributed by atoms with Gasteiger partial charge in [0, 0.05) is 25.7 Å². The van der Waals surface area contributed by atoms with Crippen LogP contribution < -0.4 is 0 Å². The van der Waals surface area contributed by atoms with Gasteiger partial charge in [-0.3, -0.25) is 4.79 Å². The van der Waals surface area contributed by atoms with Crippen LogP contribution in [0, 0.1) is 11.8 Å². The number of carboxylic acids is 1. The summed E-state index contributed by atoms with van der Waals surface area (Å²) in [5.41, 5.74) is 0. The quantitative estimate of drug-likeness (QED) is 0.852. The van der Waals surface area contributed by atoms with E-state index in [1.54, 1.807) is 0 Å². The van der Waals surface area contributed by atoms with Crippen molar-refractivity contribution in [1.82, 2.24) is 9.80 Å². The van der Waals surface area contributed by atoms with Gasteiger partial charge in [-0.1, -0.05) is 13.8 Å². The maximum Gasteiger partial charge on any atom is 0.320 e. The van der Waals surface area contributed by atoms with E-state index in [9.17, 15) is 9.59 Å². The molecule has 5 heteroatoms. The number of likely N-dealkylation sites (tertiary alicyclic amines) is 1. The van der Waals surface area contributed by atoms with E-state index in [1.807, 2.05) is 23.6 Å². The summed E-state index contributed by atoms with van der Waals surface area (Å²) in [5, 5.41) is 9.04. The SMILES string of the molecule is CCN(CC(C)C)C(=O)N1CCC(C(=O)O)CC1C. The molecule has 0 radical (unpaired) electrons. The average Bonchev–Trinajstić information content (AvgIpc) is 2.34. The number of nitrogens with zero attached hydrogens (tertiary/aromatic N) is 2. The fourth-order valence-electron chi connectivity index (χ4n) is 2.65. The number of hydrogen-bond acceptors (Lipinski definition) is 2. The number of carbonyl (C=O) groups excluding carboxylic acids is 1. The lowest BCUT2D eigenvalue weighted by Gasteiger charge is -2.39. The molecule has 2 atom stereocenters. The highest BCUT2D eigenvalue weighted by atomic mass is 16.4. The highest BCUT2D eigenvalue weighted by Gasteiger charge is 2.33. The van der Waals surface area contributed by atoms with Crippen LogP contribution in [-0.4, -0.2) is 52.6 Å². The minimum Gasteiger partial charge on any atom is -0.481 e. The van der Waals surface area contributed by atoms with Crippen LogP contribution in [0.4, 0.5) is 4.79 Å². The molecule has 0 bridgehead atoms. The van der Waals surface area contributed by atoms with E-state index in [4.69, 9.17) is 5.11 Å². The third-order valence-electron chi connectivity index (χ3n) is 3.71. The Labute approximate surface area is 115 Å². The molecule has 110 valence electrons. The van der Waals surface area contributed by atoms with Crippen LogP contribution in [0.5, 0.6) is 0 Å². The smallest absolute Gasteiger partial charge is 0.320 e. The Morgan fingerprint density at radius 1 is 1.42 bits per heavy atom. The van der Waals surface area contributed by atoms with Gasteiger partial charge >= 0.3 is 12.0 Å². The van der Waals surface area contributed by atoms with Gasteiger partial charge in [0.05, 0.1) is 5.92 Å². The molecule has 0 spiro atoms. The molecule has 2 unspecified atom stereocenters. The summed E-state index contributed by atoms with van der Waals surface area (Å²) in [6.45, 7) is 10.1. The second-order valence-corrected chi connectivity index (χ2v) is 5.82. The fraction of sp³-hybridized carbons (Fsp3) is 0.857. The average molecular weight is 270 g/mol. The van der Waals surface area contributed by atoms with E-state index in [0.717, 1.165) is 6.54 Å². The van der Waals surface area contributed by atoms with Crippen LogP contribution in [0.1, 0.15) is 40.5 Å². The fourth-order valence-corrected chi connectivity index (χ4v) is 2.65. The maximum atomic E-state index is 12.5. The molecule has 0 aromatic rings. The van der Waals surface area contributed by atoms with E-state index < -0.39 is 5.97 Å². The van der Waals surface area contributed by atoms with E-state index in [1.165, 1.54) is 0 Å². The van der Waals surface area contributed by atoms with Gasteiger partial charge in [-0.15, -0.1) is 0 Å². The summed E-state index contributed by atoms with van der Waals surface area (Å²) in [4.78, 5) is 27.1. The Kier molecular flexibility index (Phi) is 5.63. The Morgan fingerprint density at radius 3 is 2.47 bits per heavy atom. The Hall–Kier alpha value is -1.26. The molecule has 1 rings (SSSR count).